The summed E-state index contributed by atoms with van der Waals surface area (Å²) in [7, 11) is 0. The molecule has 2 saturated heterocycles. The minimum absolute atomic E-state index is 0.0917. The number of hydrogen-bond donors (Lipinski definition) is 0. The predicted octanol–water partition coefficient (Wildman–Crippen LogP) is 11.7. The van der Waals surface area contributed by atoms with Gasteiger partial charge in [-0.1, -0.05) is 140 Å². The maximum Gasteiger partial charge on any atom is 0.123 e. The van der Waals surface area contributed by atoms with Gasteiger partial charge in [-0.05, 0) is 121 Å². The van der Waals surface area contributed by atoms with E-state index in [-0.39, 0.29) is 23.7 Å². The molecule has 2 aliphatic heterocycles. The molecule has 2 aliphatic rings. The Balaban J connectivity index is 0.858. The van der Waals surface area contributed by atoms with Gasteiger partial charge >= 0.3 is 0 Å². The Bertz CT molecular complexity index is 2410. The standard InChI is InChI=1S/C60H69F2N5O/c1-48(50-14-6-3-7-15-50)66(36-32-59(52-16-8-4-9-17-52)53-18-10-5-11-19-53)45-43-64-38-40-65(41-39-64)46-47-68-58-30-24-55(25-31-58)60(54-22-28-57(62)29-23-54)33-37-67(44-42-63-34-12-13-35-63)49(2)51-20-26-56(61)27-21-51/h3-11,14-33,48-49H,12-13,34-47H2,1-2H3/b60-33-/t48-,49-/m1/s1. The van der Waals surface area contributed by atoms with Crippen molar-refractivity contribution >= 4 is 11.1 Å². The monoisotopic (exact) mass is 914 g/mol. The van der Waals surface area contributed by atoms with Crippen LogP contribution in [0.1, 0.15) is 72.2 Å². The highest BCUT2D eigenvalue weighted by molar-refractivity contribution is 5.80. The zero-order valence-electron chi connectivity index (χ0n) is 40.1. The first kappa shape index (κ1) is 48.7. The van der Waals surface area contributed by atoms with E-state index in [4.69, 9.17) is 4.74 Å². The maximum absolute atomic E-state index is 14.2. The predicted molar refractivity (Wildman–Crippen MR) is 277 cm³/mol. The number of rotatable bonds is 22. The van der Waals surface area contributed by atoms with Gasteiger partial charge in [0.05, 0.1) is 0 Å². The third kappa shape index (κ3) is 13.9. The third-order valence-corrected chi connectivity index (χ3v) is 14.0. The normalized spacial score (nSPS) is 16.0. The zero-order chi connectivity index (χ0) is 46.9. The fraction of sp³-hybridized carbons (Fsp3) is 0.333. The molecule has 8 heteroatoms. The molecule has 0 aromatic heterocycles. The molecule has 6 aromatic carbocycles. The number of likely N-dealkylation sites (tertiary alicyclic amines) is 1. The van der Waals surface area contributed by atoms with Crippen LogP contribution >= 0.6 is 0 Å². The molecule has 0 spiro atoms. The highest BCUT2D eigenvalue weighted by Gasteiger charge is 2.22. The molecule has 0 aliphatic carbocycles. The molecule has 354 valence electrons. The minimum atomic E-state index is -0.254. The van der Waals surface area contributed by atoms with Crippen molar-refractivity contribution < 1.29 is 13.5 Å². The quantitative estimate of drug-likeness (QED) is 0.0673. The molecule has 6 nitrogen and oxygen atoms in total. The van der Waals surface area contributed by atoms with E-state index >= 15 is 0 Å². The van der Waals surface area contributed by atoms with Crippen LogP contribution < -0.4 is 4.74 Å². The van der Waals surface area contributed by atoms with Crippen molar-refractivity contribution in [2.24, 2.45) is 0 Å². The fourth-order valence-corrected chi connectivity index (χ4v) is 9.67. The summed E-state index contributed by atoms with van der Waals surface area (Å²) in [5, 5.41) is 0. The molecule has 0 saturated carbocycles. The lowest BCUT2D eigenvalue weighted by molar-refractivity contribution is 0.102. The second-order valence-corrected chi connectivity index (χ2v) is 18.4. The van der Waals surface area contributed by atoms with E-state index in [0.717, 1.165) is 107 Å². The molecule has 68 heavy (non-hydrogen) atoms. The molecule has 0 unspecified atom stereocenters. The summed E-state index contributed by atoms with van der Waals surface area (Å²) in [6.45, 7) is 17.8. The van der Waals surface area contributed by atoms with E-state index in [1.54, 1.807) is 12.1 Å². The third-order valence-electron chi connectivity index (χ3n) is 14.0. The van der Waals surface area contributed by atoms with Crippen molar-refractivity contribution in [3.63, 3.8) is 0 Å². The van der Waals surface area contributed by atoms with Gasteiger partial charge in [0.15, 0.2) is 0 Å². The molecule has 2 fully saturated rings. The van der Waals surface area contributed by atoms with Gasteiger partial charge < -0.3 is 9.64 Å². The van der Waals surface area contributed by atoms with E-state index in [0.29, 0.717) is 13.2 Å². The molecule has 0 N–H and O–H groups in total. The summed E-state index contributed by atoms with van der Waals surface area (Å²) in [6, 6.07) is 54.7. The topological polar surface area (TPSA) is 25.4 Å². The van der Waals surface area contributed by atoms with Crippen LogP contribution in [0.2, 0.25) is 0 Å². The fourth-order valence-electron chi connectivity index (χ4n) is 9.67. The van der Waals surface area contributed by atoms with Crippen LogP contribution in [0.3, 0.4) is 0 Å². The first-order chi connectivity index (χ1) is 33.4. The lowest BCUT2D eigenvalue weighted by Gasteiger charge is -2.37. The Hall–Kier alpha value is -5.74. The number of benzene rings is 6. The van der Waals surface area contributed by atoms with E-state index in [9.17, 15) is 8.78 Å². The Morgan fingerprint density at radius 1 is 0.471 bits per heavy atom. The van der Waals surface area contributed by atoms with Crippen molar-refractivity contribution in [2.45, 2.75) is 38.8 Å². The summed E-state index contributed by atoms with van der Waals surface area (Å²) < 4.78 is 34.4. The Kier molecular flexibility index (Phi) is 17.9. The molecule has 0 amide bonds. The van der Waals surface area contributed by atoms with Gasteiger partial charge in [0.2, 0.25) is 0 Å². The van der Waals surface area contributed by atoms with Crippen molar-refractivity contribution in [2.75, 3.05) is 91.7 Å². The van der Waals surface area contributed by atoms with Gasteiger partial charge in [-0.3, -0.25) is 19.6 Å². The van der Waals surface area contributed by atoms with E-state index < -0.39 is 0 Å². The second kappa shape index (κ2) is 25.0. The highest BCUT2D eigenvalue weighted by Crippen LogP contribution is 2.29. The highest BCUT2D eigenvalue weighted by atomic mass is 19.1. The number of hydrogen-bond acceptors (Lipinski definition) is 6. The van der Waals surface area contributed by atoms with E-state index in [1.807, 2.05) is 24.3 Å². The Labute approximate surface area is 404 Å². The Morgan fingerprint density at radius 3 is 1.34 bits per heavy atom. The molecular formula is C60H69F2N5O. The van der Waals surface area contributed by atoms with Gasteiger partial charge in [0.25, 0.3) is 0 Å². The van der Waals surface area contributed by atoms with Crippen LogP contribution in [0, 0.1) is 11.6 Å². The summed E-state index contributed by atoms with van der Waals surface area (Å²) >= 11 is 0. The summed E-state index contributed by atoms with van der Waals surface area (Å²) in [6.07, 6.45) is 7.18. The van der Waals surface area contributed by atoms with Crippen LogP contribution in [-0.2, 0) is 0 Å². The summed E-state index contributed by atoms with van der Waals surface area (Å²) in [5.41, 5.74) is 9.23. The van der Waals surface area contributed by atoms with Gasteiger partial charge in [0, 0.05) is 84.1 Å². The van der Waals surface area contributed by atoms with Crippen LogP contribution in [0.25, 0.3) is 11.1 Å². The smallest absolute Gasteiger partial charge is 0.123 e. The maximum atomic E-state index is 14.2. The molecular weight excluding hydrogens is 845 g/mol. The van der Waals surface area contributed by atoms with Gasteiger partial charge in [-0.25, -0.2) is 8.78 Å². The SMILES string of the molecule is C[C@H](c1ccccc1)N(CC=C(c1ccccc1)c1ccccc1)CCN1CCN(CCOc2ccc(/C(=C\CN(CCN3CCCC3)[C@H](C)c3ccc(F)cc3)c3ccc(F)cc3)cc2)CC1. The average Bonchev–Trinajstić information content (AvgIpc) is 3.92. The van der Waals surface area contributed by atoms with Crippen molar-refractivity contribution in [1.82, 2.24) is 24.5 Å². The van der Waals surface area contributed by atoms with Crippen LogP contribution in [0.15, 0.2) is 176 Å². The number of halogens is 2. The lowest BCUT2D eigenvalue weighted by atomic mass is 9.97. The van der Waals surface area contributed by atoms with Crippen molar-refractivity contribution in [1.29, 1.82) is 0 Å². The Morgan fingerprint density at radius 2 is 0.853 bits per heavy atom. The minimum Gasteiger partial charge on any atom is -0.492 e. The molecule has 8 rings (SSSR count). The van der Waals surface area contributed by atoms with Crippen LogP contribution in [0.5, 0.6) is 5.75 Å². The van der Waals surface area contributed by atoms with Gasteiger partial charge in [0.1, 0.15) is 24.0 Å². The molecule has 6 aromatic rings. The van der Waals surface area contributed by atoms with Crippen molar-refractivity contribution in [3.8, 4) is 5.75 Å². The first-order valence-electron chi connectivity index (χ1n) is 24.8. The largest absolute Gasteiger partial charge is 0.492 e. The van der Waals surface area contributed by atoms with E-state index in [2.05, 4.69) is 166 Å². The number of piperazine rings is 1. The number of ether oxygens (including phenoxy) is 1. The van der Waals surface area contributed by atoms with Crippen LogP contribution in [0.4, 0.5) is 8.78 Å². The van der Waals surface area contributed by atoms with E-state index in [1.165, 1.54) is 47.2 Å². The molecule has 2 heterocycles. The molecule has 2 atom stereocenters. The average molecular weight is 914 g/mol. The van der Waals surface area contributed by atoms with Crippen molar-refractivity contribution in [3.05, 3.63) is 221 Å². The molecule has 0 bridgehead atoms. The first-order valence-corrected chi connectivity index (χ1v) is 24.8. The lowest BCUT2D eigenvalue weighted by Crippen LogP contribution is -2.49. The van der Waals surface area contributed by atoms with Gasteiger partial charge in [-0.2, -0.15) is 0 Å². The zero-order valence-corrected chi connectivity index (χ0v) is 40.1. The van der Waals surface area contributed by atoms with Crippen LogP contribution in [-0.4, -0.2) is 116 Å². The molecule has 0 radical (unpaired) electrons. The summed E-state index contributed by atoms with van der Waals surface area (Å²) in [5.74, 6) is 0.363. The summed E-state index contributed by atoms with van der Waals surface area (Å²) in [4.78, 5) is 12.7. The second-order valence-electron chi connectivity index (χ2n) is 18.4. The van der Waals surface area contributed by atoms with Gasteiger partial charge in [-0.15, -0.1) is 0 Å². The number of nitrogens with zero attached hydrogens (tertiary/aromatic N) is 5.